The average molecular weight is 346 g/mol. The summed E-state index contributed by atoms with van der Waals surface area (Å²) in [5, 5.41) is 9.28. The molecule has 2 heterocycles. The molecule has 0 aliphatic carbocycles. The Balaban J connectivity index is 2.03. The minimum atomic E-state index is -0.580. The molecule has 0 unspecified atom stereocenters. The fourth-order valence-corrected chi connectivity index (χ4v) is 2.87. The van der Waals surface area contributed by atoms with E-state index in [-0.39, 0.29) is 16.9 Å². The summed E-state index contributed by atoms with van der Waals surface area (Å²) < 4.78 is 6.48. The van der Waals surface area contributed by atoms with E-state index in [0.717, 1.165) is 29.8 Å². The van der Waals surface area contributed by atoms with Crippen molar-refractivity contribution < 1.29 is 9.53 Å². The highest BCUT2D eigenvalue weighted by atomic mass is 16.5. The van der Waals surface area contributed by atoms with Crippen LogP contribution in [-0.2, 0) is 17.6 Å². The number of esters is 1. The van der Waals surface area contributed by atoms with Crippen molar-refractivity contribution in [3.8, 4) is 11.8 Å². The van der Waals surface area contributed by atoms with Crippen LogP contribution in [0.2, 0.25) is 0 Å². The van der Waals surface area contributed by atoms with Crippen LogP contribution in [-0.4, -0.2) is 22.6 Å². The molecule has 0 atom stereocenters. The van der Waals surface area contributed by atoms with Crippen LogP contribution in [0.15, 0.2) is 54.9 Å². The van der Waals surface area contributed by atoms with Gasteiger partial charge in [0.2, 0.25) is 0 Å². The van der Waals surface area contributed by atoms with E-state index in [1.54, 1.807) is 17.0 Å². The standard InChI is InChI=1S/C20H18N4O2/c1-26-20(25)19-18(22)15(12-21)13-24(19)17-8-3-2-6-14(17)9-10-16-7-4-5-11-23-16/h2-8,11,13H,9-10,22H2,1H3. The lowest BCUT2D eigenvalue weighted by Gasteiger charge is -2.13. The summed E-state index contributed by atoms with van der Waals surface area (Å²) in [6.07, 6.45) is 4.82. The molecule has 0 bridgehead atoms. The fourth-order valence-electron chi connectivity index (χ4n) is 2.87. The average Bonchev–Trinajstić information content (AvgIpc) is 3.03. The van der Waals surface area contributed by atoms with Crippen LogP contribution in [0.3, 0.4) is 0 Å². The second-order valence-corrected chi connectivity index (χ2v) is 5.73. The third-order valence-electron chi connectivity index (χ3n) is 4.17. The van der Waals surface area contributed by atoms with Crippen molar-refractivity contribution in [1.29, 1.82) is 5.26 Å². The third-order valence-corrected chi connectivity index (χ3v) is 4.17. The first-order valence-corrected chi connectivity index (χ1v) is 8.13. The van der Waals surface area contributed by atoms with Crippen LogP contribution in [0.4, 0.5) is 5.69 Å². The number of aryl methyl sites for hydroxylation is 2. The van der Waals surface area contributed by atoms with E-state index in [1.807, 2.05) is 48.5 Å². The topological polar surface area (TPSA) is 93.9 Å². The zero-order valence-corrected chi connectivity index (χ0v) is 14.3. The van der Waals surface area contributed by atoms with E-state index in [1.165, 1.54) is 7.11 Å². The summed E-state index contributed by atoms with van der Waals surface area (Å²) in [5.41, 5.74) is 9.31. The van der Waals surface area contributed by atoms with Crippen molar-refractivity contribution in [2.24, 2.45) is 0 Å². The molecule has 0 fully saturated rings. The predicted octanol–water partition coefficient (Wildman–Crippen LogP) is 2.90. The number of nitrogens with zero attached hydrogens (tertiary/aromatic N) is 3. The number of nitrogen functional groups attached to an aromatic ring is 1. The number of nitriles is 1. The normalized spacial score (nSPS) is 10.3. The summed E-state index contributed by atoms with van der Waals surface area (Å²) in [6.45, 7) is 0. The second-order valence-electron chi connectivity index (χ2n) is 5.73. The van der Waals surface area contributed by atoms with Gasteiger partial charge in [0.1, 0.15) is 6.07 Å². The Morgan fingerprint density at radius 1 is 1.23 bits per heavy atom. The highest BCUT2D eigenvalue weighted by Gasteiger charge is 2.22. The van der Waals surface area contributed by atoms with Crippen LogP contribution in [0.25, 0.3) is 5.69 Å². The zero-order valence-electron chi connectivity index (χ0n) is 14.3. The van der Waals surface area contributed by atoms with Crippen LogP contribution < -0.4 is 5.73 Å². The maximum absolute atomic E-state index is 12.2. The molecule has 1 aromatic carbocycles. The van der Waals surface area contributed by atoms with Gasteiger partial charge in [-0.05, 0) is 36.6 Å². The number of carbonyl (C=O) groups excluding carboxylic acids is 1. The van der Waals surface area contributed by atoms with Gasteiger partial charge in [0.15, 0.2) is 5.69 Å². The van der Waals surface area contributed by atoms with Gasteiger partial charge in [-0.2, -0.15) is 5.26 Å². The number of benzene rings is 1. The van der Waals surface area contributed by atoms with Crippen molar-refractivity contribution in [2.75, 3.05) is 12.8 Å². The van der Waals surface area contributed by atoms with E-state index in [2.05, 4.69) is 4.98 Å². The number of aromatic nitrogens is 2. The molecule has 0 aliphatic heterocycles. The molecule has 0 amide bonds. The van der Waals surface area contributed by atoms with Gasteiger partial charge in [0.25, 0.3) is 0 Å². The molecule has 6 heteroatoms. The summed E-state index contributed by atoms with van der Waals surface area (Å²) in [4.78, 5) is 16.5. The van der Waals surface area contributed by atoms with Crippen LogP contribution >= 0.6 is 0 Å². The van der Waals surface area contributed by atoms with Gasteiger partial charge in [-0.15, -0.1) is 0 Å². The first-order chi connectivity index (χ1) is 12.7. The molecule has 0 spiro atoms. The number of nitrogens with two attached hydrogens (primary N) is 1. The number of methoxy groups -OCH3 is 1. The van der Waals surface area contributed by atoms with Gasteiger partial charge < -0.3 is 15.0 Å². The lowest BCUT2D eigenvalue weighted by Crippen LogP contribution is -2.12. The number of hydrogen-bond acceptors (Lipinski definition) is 5. The molecule has 26 heavy (non-hydrogen) atoms. The number of anilines is 1. The van der Waals surface area contributed by atoms with Gasteiger partial charge in [-0.3, -0.25) is 4.98 Å². The molecule has 3 rings (SSSR count). The second kappa shape index (κ2) is 7.53. The number of para-hydroxylation sites is 1. The summed E-state index contributed by atoms with van der Waals surface area (Å²) in [7, 11) is 1.29. The van der Waals surface area contributed by atoms with Crippen molar-refractivity contribution in [3.63, 3.8) is 0 Å². The highest BCUT2D eigenvalue weighted by Crippen LogP contribution is 2.27. The lowest BCUT2D eigenvalue weighted by atomic mass is 10.1. The molecule has 6 nitrogen and oxygen atoms in total. The molecule has 0 saturated carbocycles. The van der Waals surface area contributed by atoms with E-state index in [9.17, 15) is 10.1 Å². The molecule has 3 aromatic rings. The Labute approximate surface area is 151 Å². The predicted molar refractivity (Wildman–Crippen MR) is 97.9 cm³/mol. The fraction of sp³-hybridized carbons (Fsp3) is 0.150. The van der Waals surface area contributed by atoms with Gasteiger partial charge in [0, 0.05) is 23.8 Å². The third kappa shape index (κ3) is 3.28. The maximum atomic E-state index is 12.2. The molecule has 0 aliphatic rings. The number of rotatable bonds is 5. The highest BCUT2D eigenvalue weighted by molar-refractivity contribution is 5.96. The van der Waals surface area contributed by atoms with Gasteiger partial charge in [-0.25, -0.2) is 4.79 Å². The Morgan fingerprint density at radius 3 is 2.69 bits per heavy atom. The van der Waals surface area contributed by atoms with Crippen LogP contribution in [0.1, 0.15) is 27.3 Å². The largest absolute Gasteiger partial charge is 0.464 e. The maximum Gasteiger partial charge on any atom is 0.357 e. The van der Waals surface area contributed by atoms with Crippen LogP contribution in [0, 0.1) is 11.3 Å². The van der Waals surface area contributed by atoms with E-state index >= 15 is 0 Å². The Kier molecular flexibility index (Phi) is 4.99. The van der Waals surface area contributed by atoms with Crippen molar-refractivity contribution in [1.82, 2.24) is 9.55 Å². The summed E-state index contributed by atoms with van der Waals surface area (Å²) in [6, 6.07) is 15.5. The smallest absolute Gasteiger partial charge is 0.357 e. The molecule has 130 valence electrons. The summed E-state index contributed by atoms with van der Waals surface area (Å²) in [5.74, 6) is -0.580. The molecule has 0 radical (unpaired) electrons. The quantitative estimate of drug-likeness (QED) is 0.717. The Bertz CT molecular complexity index is 971. The first kappa shape index (κ1) is 17.2. The van der Waals surface area contributed by atoms with E-state index in [4.69, 9.17) is 10.5 Å². The van der Waals surface area contributed by atoms with Gasteiger partial charge in [-0.1, -0.05) is 24.3 Å². The zero-order chi connectivity index (χ0) is 18.5. The molecular weight excluding hydrogens is 328 g/mol. The first-order valence-electron chi connectivity index (χ1n) is 8.13. The minimum Gasteiger partial charge on any atom is -0.464 e. The number of pyridine rings is 1. The number of ether oxygens (including phenoxy) is 1. The monoisotopic (exact) mass is 346 g/mol. The molecule has 2 aromatic heterocycles. The summed E-state index contributed by atoms with van der Waals surface area (Å²) >= 11 is 0. The van der Waals surface area contributed by atoms with E-state index in [0.29, 0.717) is 0 Å². The van der Waals surface area contributed by atoms with Gasteiger partial charge >= 0.3 is 5.97 Å². The van der Waals surface area contributed by atoms with E-state index < -0.39 is 5.97 Å². The SMILES string of the molecule is COC(=O)c1c(N)c(C#N)cn1-c1ccccc1CCc1ccccn1. The minimum absolute atomic E-state index is 0.124. The number of hydrogen-bond donors (Lipinski definition) is 1. The van der Waals surface area contributed by atoms with Gasteiger partial charge in [0.05, 0.1) is 18.4 Å². The van der Waals surface area contributed by atoms with Crippen molar-refractivity contribution in [3.05, 3.63) is 77.4 Å². The number of carbonyl (C=O) groups is 1. The lowest BCUT2D eigenvalue weighted by molar-refractivity contribution is 0.0593. The molecule has 2 N–H and O–H groups in total. The Hall–Kier alpha value is -3.59. The Morgan fingerprint density at radius 2 is 2.00 bits per heavy atom. The van der Waals surface area contributed by atoms with Crippen molar-refractivity contribution in [2.45, 2.75) is 12.8 Å². The molecular formula is C20H18N4O2. The molecule has 0 saturated heterocycles. The van der Waals surface area contributed by atoms with Crippen molar-refractivity contribution >= 4 is 11.7 Å². The van der Waals surface area contributed by atoms with Crippen LogP contribution in [0.5, 0.6) is 0 Å².